The third-order valence-corrected chi connectivity index (χ3v) is 3.76. The first kappa shape index (κ1) is 12.6. The molecule has 5 heteroatoms. The fraction of sp³-hybridized carbons (Fsp3) is 0.0769. The number of benzene rings is 2. The Labute approximate surface area is 105 Å². The van der Waals surface area contributed by atoms with Crippen LogP contribution in [0.3, 0.4) is 0 Å². The number of aryl methyl sites for hydroxylation is 1. The summed E-state index contributed by atoms with van der Waals surface area (Å²) in [6.45, 7) is 1.52. The largest absolute Gasteiger partial charge is 0.379 e. The third-order valence-electron chi connectivity index (χ3n) is 2.36. The van der Waals surface area contributed by atoms with Gasteiger partial charge in [-0.3, -0.25) is 0 Å². The molecule has 18 heavy (non-hydrogen) atoms. The van der Waals surface area contributed by atoms with E-state index in [0.717, 1.165) is 12.1 Å². The fourth-order valence-corrected chi connectivity index (χ4v) is 2.68. The summed E-state index contributed by atoms with van der Waals surface area (Å²) in [5.41, 5.74) is 0.311. The molecule has 0 aliphatic rings. The molecule has 0 aliphatic heterocycles. The van der Waals surface area contributed by atoms with E-state index >= 15 is 0 Å². The van der Waals surface area contributed by atoms with E-state index in [4.69, 9.17) is 4.18 Å². The highest BCUT2D eigenvalue weighted by Gasteiger charge is 2.19. The molecule has 2 rings (SSSR count). The zero-order valence-electron chi connectivity index (χ0n) is 9.63. The molecule has 0 unspecified atom stereocenters. The highest BCUT2D eigenvalue weighted by Crippen LogP contribution is 2.21. The molecule has 0 radical (unpaired) electrons. The van der Waals surface area contributed by atoms with Crippen LogP contribution in [-0.2, 0) is 10.1 Å². The fourth-order valence-electron chi connectivity index (χ4n) is 1.54. The molecule has 3 nitrogen and oxygen atoms in total. The lowest BCUT2D eigenvalue weighted by molar-refractivity contribution is 0.485. The summed E-state index contributed by atoms with van der Waals surface area (Å²) in [6.07, 6.45) is 0. The van der Waals surface area contributed by atoms with Crippen molar-refractivity contribution < 1.29 is 17.0 Å². The van der Waals surface area contributed by atoms with Gasteiger partial charge < -0.3 is 4.18 Å². The Kier molecular flexibility index (Phi) is 3.34. The van der Waals surface area contributed by atoms with Gasteiger partial charge in [0.25, 0.3) is 0 Å². The van der Waals surface area contributed by atoms with Crippen molar-refractivity contribution in [3.8, 4) is 5.75 Å². The predicted molar refractivity (Wildman–Crippen MR) is 65.4 cm³/mol. The van der Waals surface area contributed by atoms with E-state index in [9.17, 15) is 12.8 Å². The topological polar surface area (TPSA) is 43.4 Å². The van der Waals surface area contributed by atoms with Crippen molar-refractivity contribution in [3.05, 3.63) is 59.9 Å². The van der Waals surface area contributed by atoms with E-state index in [0.29, 0.717) is 5.56 Å². The number of para-hydroxylation sites is 1. The van der Waals surface area contributed by atoms with Gasteiger partial charge in [0.1, 0.15) is 16.5 Å². The Morgan fingerprint density at radius 3 is 2.33 bits per heavy atom. The third kappa shape index (κ3) is 2.68. The highest BCUT2D eigenvalue weighted by molar-refractivity contribution is 7.87. The molecule has 0 spiro atoms. The van der Waals surface area contributed by atoms with Crippen molar-refractivity contribution in [2.75, 3.05) is 0 Å². The molecule has 0 bridgehead atoms. The normalized spacial score (nSPS) is 11.2. The van der Waals surface area contributed by atoms with Crippen LogP contribution in [0.5, 0.6) is 5.75 Å². The quantitative estimate of drug-likeness (QED) is 0.802. The second-order valence-electron chi connectivity index (χ2n) is 3.76. The Morgan fingerprint density at radius 2 is 1.72 bits per heavy atom. The number of hydrogen-bond donors (Lipinski definition) is 0. The standard InChI is InChI=1S/C13H11FO3S/c1-10-9-11(14)7-8-13(10)18(15,16)17-12-5-3-2-4-6-12/h2-9H,1H3. The van der Waals surface area contributed by atoms with Crippen molar-refractivity contribution in [2.45, 2.75) is 11.8 Å². The minimum Gasteiger partial charge on any atom is -0.379 e. The Morgan fingerprint density at radius 1 is 1.06 bits per heavy atom. The Hall–Kier alpha value is -1.88. The first-order valence-corrected chi connectivity index (χ1v) is 6.65. The maximum absolute atomic E-state index is 12.9. The minimum atomic E-state index is -3.93. The molecule has 94 valence electrons. The first-order chi connectivity index (χ1) is 8.49. The molecule has 0 aliphatic carbocycles. The maximum atomic E-state index is 12.9. The van der Waals surface area contributed by atoms with E-state index in [-0.39, 0.29) is 10.6 Å². The molecule has 0 saturated heterocycles. The first-order valence-electron chi connectivity index (χ1n) is 5.25. The zero-order chi connectivity index (χ0) is 13.2. The van der Waals surface area contributed by atoms with Crippen molar-refractivity contribution in [1.82, 2.24) is 0 Å². The highest BCUT2D eigenvalue weighted by atomic mass is 32.2. The van der Waals surface area contributed by atoms with Gasteiger partial charge in [0.15, 0.2) is 0 Å². The van der Waals surface area contributed by atoms with Crippen LogP contribution in [0.15, 0.2) is 53.4 Å². The number of hydrogen-bond acceptors (Lipinski definition) is 3. The Bertz CT molecular complexity index is 651. The van der Waals surface area contributed by atoms with Crippen LogP contribution in [0.4, 0.5) is 4.39 Å². The molecule has 2 aromatic rings. The summed E-state index contributed by atoms with van der Waals surface area (Å²) in [5, 5.41) is 0. The SMILES string of the molecule is Cc1cc(F)ccc1S(=O)(=O)Oc1ccccc1. The van der Waals surface area contributed by atoms with E-state index in [2.05, 4.69) is 0 Å². The second-order valence-corrected chi connectivity index (χ2v) is 5.28. The smallest absolute Gasteiger partial charge is 0.339 e. The van der Waals surface area contributed by atoms with Crippen molar-refractivity contribution in [1.29, 1.82) is 0 Å². The molecule has 0 atom stereocenters. The molecule has 0 aromatic heterocycles. The van der Waals surface area contributed by atoms with E-state index in [1.54, 1.807) is 18.2 Å². The van der Waals surface area contributed by atoms with Crippen LogP contribution in [0.25, 0.3) is 0 Å². The van der Waals surface area contributed by atoms with E-state index in [1.807, 2.05) is 0 Å². The summed E-state index contributed by atoms with van der Waals surface area (Å²) >= 11 is 0. The lowest BCUT2D eigenvalue weighted by Gasteiger charge is -2.09. The molecule has 2 aromatic carbocycles. The number of rotatable bonds is 3. The van der Waals surface area contributed by atoms with Crippen LogP contribution in [0, 0.1) is 12.7 Å². The zero-order valence-corrected chi connectivity index (χ0v) is 10.4. The molecular weight excluding hydrogens is 255 g/mol. The maximum Gasteiger partial charge on any atom is 0.339 e. The van der Waals surface area contributed by atoms with E-state index < -0.39 is 15.9 Å². The van der Waals surface area contributed by atoms with Crippen LogP contribution in [-0.4, -0.2) is 8.42 Å². The average Bonchev–Trinajstić information content (AvgIpc) is 2.29. The lowest BCUT2D eigenvalue weighted by atomic mass is 10.2. The summed E-state index contributed by atoms with van der Waals surface area (Å²) in [4.78, 5) is -0.0345. The van der Waals surface area contributed by atoms with Gasteiger partial charge in [0.2, 0.25) is 0 Å². The van der Waals surface area contributed by atoms with Crippen LogP contribution in [0.1, 0.15) is 5.56 Å². The minimum absolute atomic E-state index is 0.0345. The summed E-state index contributed by atoms with van der Waals surface area (Å²) in [7, 11) is -3.93. The Balaban J connectivity index is 2.37. The van der Waals surface area contributed by atoms with Gasteiger partial charge in [-0.05, 0) is 42.8 Å². The monoisotopic (exact) mass is 266 g/mol. The molecule has 0 heterocycles. The van der Waals surface area contributed by atoms with Gasteiger partial charge in [0.05, 0.1) is 0 Å². The molecule has 0 amide bonds. The lowest BCUT2D eigenvalue weighted by Crippen LogP contribution is -2.11. The summed E-state index contributed by atoms with van der Waals surface area (Å²) in [6, 6.07) is 11.6. The molecule has 0 saturated carbocycles. The van der Waals surface area contributed by atoms with Gasteiger partial charge in [-0.25, -0.2) is 4.39 Å². The van der Waals surface area contributed by atoms with Gasteiger partial charge in [-0.1, -0.05) is 18.2 Å². The summed E-state index contributed by atoms with van der Waals surface area (Å²) < 4.78 is 41.9. The van der Waals surface area contributed by atoms with Gasteiger partial charge in [-0.15, -0.1) is 0 Å². The second kappa shape index (κ2) is 4.78. The van der Waals surface area contributed by atoms with Crippen LogP contribution < -0.4 is 4.18 Å². The molecule has 0 fully saturated rings. The van der Waals surface area contributed by atoms with Crippen molar-refractivity contribution in [3.63, 3.8) is 0 Å². The predicted octanol–water partition coefficient (Wildman–Crippen LogP) is 2.90. The van der Waals surface area contributed by atoms with Gasteiger partial charge in [-0.2, -0.15) is 8.42 Å². The molecular formula is C13H11FO3S. The van der Waals surface area contributed by atoms with Gasteiger partial charge in [0, 0.05) is 0 Å². The van der Waals surface area contributed by atoms with Crippen LogP contribution >= 0.6 is 0 Å². The van der Waals surface area contributed by atoms with Gasteiger partial charge >= 0.3 is 10.1 Å². The summed E-state index contributed by atoms with van der Waals surface area (Å²) in [5.74, 6) is -0.257. The molecule has 0 N–H and O–H groups in total. The van der Waals surface area contributed by atoms with Crippen molar-refractivity contribution in [2.24, 2.45) is 0 Å². The van der Waals surface area contributed by atoms with E-state index in [1.165, 1.54) is 25.1 Å². The number of halogens is 1. The van der Waals surface area contributed by atoms with Crippen LogP contribution in [0.2, 0.25) is 0 Å². The van der Waals surface area contributed by atoms with Crippen molar-refractivity contribution >= 4 is 10.1 Å². The average molecular weight is 266 g/mol.